The first-order valence-corrected chi connectivity index (χ1v) is 5.61. The molecule has 1 aliphatic rings. The summed E-state index contributed by atoms with van der Waals surface area (Å²) >= 11 is 0. The molecule has 1 aliphatic heterocycles. The third kappa shape index (κ3) is 2.48. The van der Waals surface area contributed by atoms with E-state index in [2.05, 4.69) is 10.3 Å². The van der Waals surface area contributed by atoms with Gasteiger partial charge in [0, 0.05) is 32.8 Å². The molecule has 1 fully saturated rings. The second-order valence-electron chi connectivity index (χ2n) is 4.47. The highest BCUT2D eigenvalue weighted by Crippen LogP contribution is 2.24. The number of hydrogen-bond donors (Lipinski definition) is 2. The maximum absolute atomic E-state index is 11.7. The van der Waals surface area contributed by atoms with Crippen LogP contribution in [0.2, 0.25) is 0 Å². The monoisotopic (exact) mass is 239 g/mol. The van der Waals surface area contributed by atoms with Crippen LogP contribution >= 0.6 is 0 Å². The lowest BCUT2D eigenvalue weighted by Gasteiger charge is -2.25. The second kappa shape index (κ2) is 4.46. The SMILES string of the molecule is CC1OCCC1(O)CNC(=O)c1cn(C)cn1. The number of nitrogens with one attached hydrogen (secondary N) is 1. The van der Waals surface area contributed by atoms with Crippen molar-refractivity contribution in [2.45, 2.75) is 25.0 Å². The predicted octanol–water partition coefficient (Wildman–Crippen LogP) is -0.310. The van der Waals surface area contributed by atoms with Gasteiger partial charge >= 0.3 is 0 Å². The Balaban J connectivity index is 1.92. The summed E-state index contributed by atoms with van der Waals surface area (Å²) in [6, 6.07) is 0. The summed E-state index contributed by atoms with van der Waals surface area (Å²) in [7, 11) is 1.80. The predicted molar refractivity (Wildman–Crippen MR) is 60.5 cm³/mol. The first-order chi connectivity index (χ1) is 8.01. The Kier molecular flexibility index (Phi) is 3.17. The Morgan fingerprint density at radius 3 is 3.12 bits per heavy atom. The topological polar surface area (TPSA) is 76.4 Å². The van der Waals surface area contributed by atoms with Gasteiger partial charge in [-0.2, -0.15) is 0 Å². The summed E-state index contributed by atoms with van der Waals surface area (Å²) in [5.41, 5.74) is -0.618. The minimum absolute atomic E-state index is 0.184. The van der Waals surface area contributed by atoms with E-state index in [4.69, 9.17) is 4.74 Å². The molecule has 17 heavy (non-hydrogen) atoms. The molecule has 1 aromatic heterocycles. The van der Waals surface area contributed by atoms with Gasteiger partial charge < -0.3 is 19.7 Å². The van der Waals surface area contributed by atoms with Gasteiger partial charge in [-0.05, 0) is 6.92 Å². The van der Waals surface area contributed by atoms with E-state index in [9.17, 15) is 9.90 Å². The van der Waals surface area contributed by atoms with Crippen LogP contribution in [-0.2, 0) is 11.8 Å². The summed E-state index contributed by atoms with van der Waals surface area (Å²) in [6.07, 6.45) is 3.47. The number of aryl methyl sites for hydroxylation is 1. The molecule has 2 unspecified atom stereocenters. The van der Waals surface area contributed by atoms with Gasteiger partial charge in [0.15, 0.2) is 0 Å². The van der Waals surface area contributed by atoms with Crippen LogP contribution in [0.4, 0.5) is 0 Å². The van der Waals surface area contributed by atoms with Gasteiger partial charge in [-0.3, -0.25) is 4.79 Å². The van der Waals surface area contributed by atoms with E-state index in [1.165, 1.54) is 0 Å². The van der Waals surface area contributed by atoms with Gasteiger partial charge in [0.25, 0.3) is 5.91 Å². The maximum Gasteiger partial charge on any atom is 0.271 e. The zero-order valence-corrected chi connectivity index (χ0v) is 10.0. The lowest BCUT2D eigenvalue weighted by Crippen LogP contribution is -2.47. The number of amides is 1. The van der Waals surface area contributed by atoms with Gasteiger partial charge in [-0.15, -0.1) is 0 Å². The number of aromatic nitrogens is 2. The Labute approximate surface area is 99.6 Å². The van der Waals surface area contributed by atoms with Gasteiger partial charge in [0.05, 0.1) is 12.4 Å². The summed E-state index contributed by atoms with van der Waals surface area (Å²) in [5.74, 6) is -0.280. The molecular formula is C11H17N3O3. The van der Waals surface area contributed by atoms with Gasteiger partial charge in [-0.25, -0.2) is 4.98 Å². The van der Waals surface area contributed by atoms with E-state index in [1.54, 1.807) is 31.1 Å². The fourth-order valence-corrected chi connectivity index (χ4v) is 1.86. The summed E-state index contributed by atoms with van der Waals surface area (Å²) in [6.45, 7) is 2.51. The second-order valence-corrected chi connectivity index (χ2v) is 4.47. The normalized spacial score (nSPS) is 28.3. The molecule has 0 spiro atoms. The molecule has 0 bridgehead atoms. The maximum atomic E-state index is 11.7. The molecular weight excluding hydrogens is 222 g/mol. The van der Waals surface area contributed by atoms with E-state index in [1.807, 2.05) is 0 Å². The van der Waals surface area contributed by atoms with Gasteiger partial charge in [-0.1, -0.05) is 0 Å². The van der Waals surface area contributed by atoms with Gasteiger partial charge in [0.2, 0.25) is 0 Å². The molecule has 2 heterocycles. The van der Waals surface area contributed by atoms with Gasteiger partial charge in [0.1, 0.15) is 11.3 Å². The van der Waals surface area contributed by atoms with Crippen LogP contribution in [0.15, 0.2) is 12.5 Å². The van der Waals surface area contributed by atoms with Crippen molar-refractivity contribution in [3.8, 4) is 0 Å². The lowest BCUT2D eigenvalue weighted by molar-refractivity contribution is -0.0252. The van der Waals surface area contributed by atoms with E-state index < -0.39 is 5.60 Å². The van der Waals surface area contributed by atoms with Crippen LogP contribution < -0.4 is 5.32 Å². The number of carbonyl (C=O) groups excluding carboxylic acids is 1. The Bertz CT molecular complexity index is 418. The van der Waals surface area contributed by atoms with Crippen molar-refractivity contribution in [1.29, 1.82) is 0 Å². The van der Waals surface area contributed by atoms with E-state index in [0.29, 0.717) is 18.7 Å². The number of nitrogens with zero attached hydrogens (tertiary/aromatic N) is 2. The molecule has 1 amide bonds. The van der Waals surface area contributed by atoms with Crippen molar-refractivity contribution in [1.82, 2.24) is 14.9 Å². The van der Waals surface area contributed by atoms with Crippen molar-refractivity contribution < 1.29 is 14.6 Å². The standard InChI is InChI=1S/C11H17N3O3/c1-8-11(16,3-4-17-8)6-12-10(15)9-5-14(2)7-13-9/h5,7-8,16H,3-4,6H2,1-2H3,(H,12,15). The van der Waals surface area contributed by atoms with Crippen molar-refractivity contribution in [2.75, 3.05) is 13.2 Å². The molecule has 1 saturated heterocycles. The molecule has 2 rings (SSSR count). The van der Waals surface area contributed by atoms with E-state index in [-0.39, 0.29) is 18.6 Å². The molecule has 2 atom stereocenters. The molecule has 0 radical (unpaired) electrons. The van der Waals surface area contributed by atoms with Crippen LogP contribution in [0.25, 0.3) is 0 Å². The van der Waals surface area contributed by atoms with Crippen molar-refractivity contribution in [3.05, 3.63) is 18.2 Å². The first kappa shape index (κ1) is 12.1. The number of imidazole rings is 1. The summed E-state index contributed by atoms with van der Waals surface area (Å²) in [4.78, 5) is 15.7. The quantitative estimate of drug-likeness (QED) is 0.758. The van der Waals surface area contributed by atoms with Crippen molar-refractivity contribution in [2.24, 2.45) is 7.05 Å². The van der Waals surface area contributed by atoms with Crippen LogP contribution in [0.3, 0.4) is 0 Å². The molecule has 2 N–H and O–H groups in total. The summed E-state index contributed by atoms with van der Waals surface area (Å²) < 4.78 is 6.99. The highest BCUT2D eigenvalue weighted by atomic mass is 16.5. The number of aliphatic hydroxyl groups is 1. The number of ether oxygens (including phenoxy) is 1. The third-order valence-corrected chi connectivity index (χ3v) is 3.15. The Morgan fingerprint density at radius 2 is 2.59 bits per heavy atom. The third-order valence-electron chi connectivity index (χ3n) is 3.15. The fourth-order valence-electron chi connectivity index (χ4n) is 1.86. The molecule has 0 aromatic carbocycles. The molecule has 0 aliphatic carbocycles. The molecule has 94 valence electrons. The fraction of sp³-hybridized carbons (Fsp3) is 0.636. The van der Waals surface area contributed by atoms with E-state index in [0.717, 1.165) is 0 Å². The van der Waals surface area contributed by atoms with E-state index >= 15 is 0 Å². The smallest absolute Gasteiger partial charge is 0.271 e. The van der Waals surface area contributed by atoms with Crippen LogP contribution in [-0.4, -0.2) is 45.4 Å². The zero-order valence-electron chi connectivity index (χ0n) is 10.0. The molecule has 1 aromatic rings. The van der Waals surface area contributed by atoms with Crippen molar-refractivity contribution >= 4 is 5.91 Å². The minimum atomic E-state index is -0.968. The number of hydrogen-bond acceptors (Lipinski definition) is 4. The lowest BCUT2D eigenvalue weighted by atomic mass is 9.97. The minimum Gasteiger partial charge on any atom is -0.385 e. The average Bonchev–Trinajstić information content (AvgIpc) is 2.84. The molecule has 0 saturated carbocycles. The van der Waals surface area contributed by atoms with Crippen molar-refractivity contribution in [3.63, 3.8) is 0 Å². The van der Waals surface area contributed by atoms with Crippen LogP contribution in [0, 0.1) is 0 Å². The number of rotatable bonds is 3. The van der Waals surface area contributed by atoms with Crippen LogP contribution in [0.1, 0.15) is 23.8 Å². The Hall–Kier alpha value is -1.40. The summed E-state index contributed by atoms with van der Waals surface area (Å²) in [5, 5.41) is 12.9. The van der Waals surface area contributed by atoms with Crippen LogP contribution in [0.5, 0.6) is 0 Å². The molecule has 6 heteroatoms. The molecule has 6 nitrogen and oxygen atoms in total. The average molecular weight is 239 g/mol. The highest BCUT2D eigenvalue weighted by molar-refractivity contribution is 5.92. The Morgan fingerprint density at radius 1 is 1.82 bits per heavy atom. The first-order valence-electron chi connectivity index (χ1n) is 5.61. The largest absolute Gasteiger partial charge is 0.385 e. The highest BCUT2D eigenvalue weighted by Gasteiger charge is 2.39. The zero-order chi connectivity index (χ0) is 12.5. The number of carbonyl (C=O) groups is 1.